The molecule has 0 saturated carbocycles. The summed E-state index contributed by atoms with van der Waals surface area (Å²) in [7, 11) is 0. The molecule has 88 valence electrons. The molecule has 2 aromatic rings. The molecule has 3 nitrogen and oxygen atoms in total. The van der Waals surface area contributed by atoms with E-state index in [1.807, 2.05) is 12.1 Å². The van der Waals surface area contributed by atoms with Gasteiger partial charge in [0.15, 0.2) is 0 Å². The molecule has 0 aliphatic carbocycles. The first-order valence-corrected chi connectivity index (χ1v) is 6.21. The second-order valence-corrected chi connectivity index (χ2v) is 4.74. The van der Waals surface area contributed by atoms with Crippen molar-refractivity contribution in [3.05, 3.63) is 52.9 Å². The van der Waals surface area contributed by atoms with E-state index in [9.17, 15) is 4.79 Å². The fourth-order valence-corrected chi connectivity index (χ4v) is 2.46. The molecular formula is C12H9ClO3S. The SMILES string of the molecule is O=C(O)c1ccc(SCc2ccco2)c(Cl)c1. The summed E-state index contributed by atoms with van der Waals surface area (Å²) in [6.07, 6.45) is 1.62. The van der Waals surface area contributed by atoms with Crippen molar-refractivity contribution in [3.8, 4) is 0 Å². The summed E-state index contributed by atoms with van der Waals surface area (Å²) in [4.78, 5) is 11.6. The predicted molar refractivity (Wildman–Crippen MR) is 66.7 cm³/mol. The molecule has 0 amide bonds. The molecule has 1 heterocycles. The smallest absolute Gasteiger partial charge is 0.335 e. The van der Waals surface area contributed by atoms with E-state index in [0.29, 0.717) is 10.8 Å². The number of halogens is 1. The number of hydrogen-bond acceptors (Lipinski definition) is 3. The molecule has 1 aromatic heterocycles. The van der Waals surface area contributed by atoms with Crippen molar-refractivity contribution >= 4 is 29.3 Å². The maximum absolute atomic E-state index is 10.7. The van der Waals surface area contributed by atoms with Crippen LogP contribution in [0.4, 0.5) is 0 Å². The Morgan fingerprint density at radius 1 is 1.41 bits per heavy atom. The van der Waals surface area contributed by atoms with Gasteiger partial charge in [-0.25, -0.2) is 4.79 Å². The molecule has 0 bridgehead atoms. The number of hydrogen-bond donors (Lipinski definition) is 1. The van der Waals surface area contributed by atoms with Crippen molar-refractivity contribution in [2.45, 2.75) is 10.6 Å². The van der Waals surface area contributed by atoms with Crippen LogP contribution in [-0.2, 0) is 5.75 Å². The summed E-state index contributed by atoms with van der Waals surface area (Å²) in [6.45, 7) is 0. The van der Waals surface area contributed by atoms with E-state index in [4.69, 9.17) is 21.1 Å². The van der Waals surface area contributed by atoms with Crippen LogP contribution in [0.5, 0.6) is 0 Å². The zero-order chi connectivity index (χ0) is 12.3. The van der Waals surface area contributed by atoms with Gasteiger partial charge >= 0.3 is 5.97 Å². The number of carbonyl (C=O) groups is 1. The van der Waals surface area contributed by atoms with Gasteiger partial charge < -0.3 is 9.52 Å². The molecule has 0 radical (unpaired) electrons. The average molecular weight is 269 g/mol. The molecule has 0 spiro atoms. The van der Waals surface area contributed by atoms with Crippen LogP contribution in [0.1, 0.15) is 16.1 Å². The Kier molecular flexibility index (Phi) is 3.76. The van der Waals surface area contributed by atoms with Crippen molar-refractivity contribution in [2.24, 2.45) is 0 Å². The van der Waals surface area contributed by atoms with E-state index in [1.54, 1.807) is 18.4 Å². The normalized spacial score (nSPS) is 10.4. The Hall–Kier alpha value is -1.39. The molecule has 5 heteroatoms. The van der Waals surface area contributed by atoms with E-state index in [2.05, 4.69) is 0 Å². The maximum atomic E-state index is 10.7. The molecule has 1 aromatic carbocycles. The Morgan fingerprint density at radius 3 is 2.82 bits per heavy atom. The molecule has 1 N–H and O–H groups in total. The van der Waals surface area contributed by atoms with Crippen LogP contribution in [0, 0.1) is 0 Å². The second kappa shape index (κ2) is 5.29. The quantitative estimate of drug-likeness (QED) is 0.854. The largest absolute Gasteiger partial charge is 0.478 e. The zero-order valence-electron chi connectivity index (χ0n) is 8.72. The Labute approximate surface area is 107 Å². The third-order valence-corrected chi connectivity index (χ3v) is 3.65. The monoisotopic (exact) mass is 268 g/mol. The van der Waals surface area contributed by atoms with Gasteiger partial charge in [-0.3, -0.25) is 0 Å². The van der Waals surface area contributed by atoms with Gasteiger partial charge in [-0.2, -0.15) is 0 Å². The van der Waals surface area contributed by atoms with E-state index in [-0.39, 0.29) is 5.56 Å². The number of carboxylic acids is 1. The fourth-order valence-electron chi connectivity index (χ4n) is 1.29. The third-order valence-electron chi connectivity index (χ3n) is 2.13. The molecule has 0 aliphatic rings. The van der Waals surface area contributed by atoms with Gasteiger partial charge in [0, 0.05) is 4.90 Å². The number of aromatic carboxylic acids is 1. The molecule has 2 rings (SSSR count). The number of thioether (sulfide) groups is 1. The first kappa shape index (κ1) is 12.1. The molecule has 0 aliphatic heterocycles. The maximum Gasteiger partial charge on any atom is 0.335 e. The van der Waals surface area contributed by atoms with Gasteiger partial charge in [0.2, 0.25) is 0 Å². The molecule has 0 fully saturated rings. The minimum atomic E-state index is -0.977. The Balaban J connectivity index is 2.09. The summed E-state index contributed by atoms with van der Waals surface area (Å²) in [5.41, 5.74) is 0.192. The highest BCUT2D eigenvalue weighted by atomic mass is 35.5. The minimum absolute atomic E-state index is 0.192. The highest BCUT2D eigenvalue weighted by Gasteiger charge is 2.08. The summed E-state index contributed by atoms with van der Waals surface area (Å²) in [6, 6.07) is 8.41. The van der Waals surface area contributed by atoms with Crippen molar-refractivity contribution in [2.75, 3.05) is 0 Å². The van der Waals surface area contributed by atoms with Gasteiger partial charge in [0.1, 0.15) is 5.76 Å². The fraction of sp³-hybridized carbons (Fsp3) is 0.0833. The summed E-state index contributed by atoms with van der Waals surface area (Å²) >= 11 is 7.51. The van der Waals surface area contributed by atoms with Gasteiger partial charge in [-0.05, 0) is 30.3 Å². The van der Waals surface area contributed by atoms with Crippen LogP contribution in [0.2, 0.25) is 5.02 Å². The van der Waals surface area contributed by atoms with Gasteiger partial charge in [0.25, 0.3) is 0 Å². The van der Waals surface area contributed by atoms with Crippen LogP contribution in [0.3, 0.4) is 0 Å². The van der Waals surface area contributed by atoms with Crippen molar-refractivity contribution in [3.63, 3.8) is 0 Å². The standard InChI is InChI=1S/C12H9ClO3S/c13-10-6-8(12(14)15)3-4-11(10)17-7-9-2-1-5-16-9/h1-6H,7H2,(H,14,15). The van der Waals surface area contributed by atoms with E-state index in [1.165, 1.54) is 17.8 Å². The topological polar surface area (TPSA) is 50.4 Å². The first-order chi connectivity index (χ1) is 8.16. The Bertz CT molecular complexity index is 523. The van der Waals surface area contributed by atoms with Crippen molar-refractivity contribution < 1.29 is 14.3 Å². The first-order valence-electron chi connectivity index (χ1n) is 4.85. The van der Waals surface area contributed by atoms with Crippen LogP contribution >= 0.6 is 23.4 Å². The predicted octanol–water partition coefficient (Wildman–Crippen LogP) is 3.92. The third kappa shape index (κ3) is 3.05. The van der Waals surface area contributed by atoms with Crippen molar-refractivity contribution in [1.29, 1.82) is 0 Å². The number of furan rings is 1. The van der Waals surface area contributed by atoms with Crippen molar-refractivity contribution in [1.82, 2.24) is 0 Å². The molecule has 17 heavy (non-hydrogen) atoms. The summed E-state index contributed by atoms with van der Waals surface area (Å²) < 4.78 is 5.20. The van der Waals surface area contributed by atoms with Crippen LogP contribution in [-0.4, -0.2) is 11.1 Å². The van der Waals surface area contributed by atoms with Crippen LogP contribution in [0.15, 0.2) is 45.9 Å². The highest BCUT2D eigenvalue weighted by Crippen LogP contribution is 2.30. The van der Waals surface area contributed by atoms with E-state index >= 15 is 0 Å². The zero-order valence-corrected chi connectivity index (χ0v) is 10.3. The minimum Gasteiger partial charge on any atom is -0.478 e. The summed E-state index contributed by atoms with van der Waals surface area (Å²) in [5, 5.41) is 9.25. The number of benzene rings is 1. The second-order valence-electron chi connectivity index (χ2n) is 3.32. The average Bonchev–Trinajstić information content (AvgIpc) is 2.80. The lowest BCUT2D eigenvalue weighted by Crippen LogP contribution is -1.95. The van der Waals surface area contributed by atoms with Gasteiger partial charge in [-0.15, -0.1) is 11.8 Å². The van der Waals surface area contributed by atoms with Gasteiger partial charge in [0.05, 0.1) is 22.6 Å². The summed E-state index contributed by atoms with van der Waals surface area (Å²) in [5.74, 6) is 0.543. The molecule has 0 saturated heterocycles. The van der Waals surface area contributed by atoms with E-state index < -0.39 is 5.97 Å². The molecule has 0 unspecified atom stereocenters. The highest BCUT2D eigenvalue weighted by molar-refractivity contribution is 7.98. The van der Waals surface area contributed by atoms with E-state index in [0.717, 1.165) is 10.7 Å². The van der Waals surface area contributed by atoms with Crippen LogP contribution < -0.4 is 0 Å². The lowest BCUT2D eigenvalue weighted by Gasteiger charge is -2.03. The lowest BCUT2D eigenvalue weighted by atomic mass is 10.2. The number of carboxylic acid groups (broad SMARTS) is 1. The number of rotatable bonds is 4. The van der Waals surface area contributed by atoms with Gasteiger partial charge in [-0.1, -0.05) is 11.6 Å². The lowest BCUT2D eigenvalue weighted by molar-refractivity contribution is 0.0697. The Morgan fingerprint density at radius 2 is 2.24 bits per heavy atom. The molecule has 0 atom stereocenters. The van der Waals surface area contributed by atoms with Crippen LogP contribution in [0.25, 0.3) is 0 Å². The molecular weight excluding hydrogens is 260 g/mol.